The fourth-order valence-corrected chi connectivity index (χ4v) is 4.52. The zero-order chi connectivity index (χ0) is 26.7. The fourth-order valence-electron chi connectivity index (χ4n) is 3.82. The van der Waals surface area contributed by atoms with E-state index in [1.807, 2.05) is 11.0 Å². The molecule has 0 amide bonds. The minimum absolute atomic E-state index is 0.0332. The van der Waals surface area contributed by atoms with Crippen molar-refractivity contribution in [3.05, 3.63) is 84.3 Å². The van der Waals surface area contributed by atoms with Crippen LogP contribution in [0.5, 0.6) is 0 Å². The van der Waals surface area contributed by atoms with Gasteiger partial charge < -0.3 is 0 Å². The van der Waals surface area contributed by atoms with E-state index < -0.39 is 16.9 Å². The van der Waals surface area contributed by atoms with Crippen molar-refractivity contribution in [3.8, 4) is 0 Å². The first-order valence-corrected chi connectivity index (χ1v) is 12.1. The molecule has 1 aromatic heterocycles. The molecule has 2 aromatic carbocycles. The molecule has 15 heteroatoms. The Hall–Kier alpha value is -2.84. The number of halogens is 5. The number of nitro benzene ring substituents is 1. The van der Waals surface area contributed by atoms with E-state index in [4.69, 9.17) is 35.4 Å². The van der Waals surface area contributed by atoms with Crippen LogP contribution in [0, 0.1) is 14.9 Å². The summed E-state index contributed by atoms with van der Waals surface area (Å²) >= 11 is 17.4. The molecule has 2 heterocycles. The molecule has 1 aliphatic heterocycles. The van der Waals surface area contributed by atoms with E-state index in [0.29, 0.717) is 47.4 Å². The molecule has 0 N–H and O–H groups in total. The summed E-state index contributed by atoms with van der Waals surface area (Å²) in [5.41, 5.74) is 0.676. The van der Waals surface area contributed by atoms with Gasteiger partial charge in [-0.15, -0.1) is 5.10 Å². The van der Waals surface area contributed by atoms with Gasteiger partial charge in [-0.3, -0.25) is 19.9 Å². The van der Waals surface area contributed by atoms with Crippen molar-refractivity contribution in [2.24, 2.45) is 5.10 Å². The molecule has 4 rings (SSSR count). The highest BCUT2D eigenvalue weighted by Gasteiger charge is 2.39. The second-order valence-electron chi connectivity index (χ2n) is 8.25. The average molecular weight is 574 g/mol. The number of nitrogens with zero attached hydrogens (tertiary/aromatic N) is 7. The Labute approximate surface area is 224 Å². The molecule has 0 spiro atoms. The molecule has 1 saturated heterocycles. The largest absolute Gasteiger partial charge is 0.453 e. The first-order chi connectivity index (χ1) is 17.5. The Morgan fingerprint density at radius 3 is 2.43 bits per heavy atom. The number of alkyl halides is 3. The smallest absolute Gasteiger partial charge is 0.296 e. The maximum Gasteiger partial charge on any atom is 0.453 e. The van der Waals surface area contributed by atoms with Crippen molar-refractivity contribution in [2.75, 3.05) is 26.2 Å². The molecule has 9 nitrogen and oxygen atoms in total. The van der Waals surface area contributed by atoms with Gasteiger partial charge in [-0.2, -0.15) is 22.9 Å². The van der Waals surface area contributed by atoms with Crippen LogP contribution in [0.15, 0.2) is 47.6 Å². The zero-order valence-corrected chi connectivity index (χ0v) is 21.4. The normalized spacial score (nSPS) is 15.5. The van der Waals surface area contributed by atoms with E-state index in [9.17, 15) is 23.3 Å². The van der Waals surface area contributed by atoms with Gasteiger partial charge in [-0.05, 0) is 36.0 Å². The van der Waals surface area contributed by atoms with Gasteiger partial charge in [0, 0.05) is 48.8 Å². The van der Waals surface area contributed by atoms with Crippen LogP contribution in [0.25, 0.3) is 0 Å². The van der Waals surface area contributed by atoms with Gasteiger partial charge in [0.1, 0.15) is 0 Å². The predicted octanol–water partition coefficient (Wildman–Crippen LogP) is 5.31. The highest BCUT2D eigenvalue weighted by atomic mass is 35.5. The summed E-state index contributed by atoms with van der Waals surface area (Å²) in [6.45, 7) is 3.12. The molecule has 0 bridgehead atoms. The summed E-state index contributed by atoms with van der Waals surface area (Å²) in [7, 11) is 0. The molecular weight excluding hydrogens is 554 g/mol. The molecule has 1 fully saturated rings. The maximum atomic E-state index is 13.7. The Kier molecular flexibility index (Phi) is 8.29. The molecule has 3 aromatic rings. The third-order valence-electron chi connectivity index (χ3n) is 5.73. The van der Waals surface area contributed by atoms with Gasteiger partial charge in [0.2, 0.25) is 4.77 Å². The standard InChI is InChI=1S/C22H20Cl2F3N7O2S/c23-17-6-5-16(18(24)11-17)13-30-7-9-31(10-8-30)14-32-21(37)33(20(29-32)22(25,26)27)28-12-15-3-1-2-4-19(15)34(35)36/h1-6,11-12H,7-10,13-14H2/b28-12+. The summed E-state index contributed by atoms with van der Waals surface area (Å²) in [4.78, 5) is 14.7. The highest BCUT2D eigenvalue weighted by molar-refractivity contribution is 7.71. The van der Waals surface area contributed by atoms with Gasteiger partial charge in [-0.25, -0.2) is 4.68 Å². The van der Waals surface area contributed by atoms with Crippen LogP contribution in [0.2, 0.25) is 10.0 Å². The molecule has 0 atom stereocenters. The summed E-state index contributed by atoms with van der Waals surface area (Å²) < 4.78 is 42.4. The van der Waals surface area contributed by atoms with Gasteiger partial charge in [0.05, 0.1) is 23.4 Å². The average Bonchev–Trinajstić information content (AvgIpc) is 3.16. The Morgan fingerprint density at radius 2 is 1.78 bits per heavy atom. The van der Waals surface area contributed by atoms with E-state index in [1.165, 1.54) is 24.3 Å². The SMILES string of the molecule is O=[N+]([O-])c1ccccc1/C=N/n1c(C(F)(F)F)nn(CN2CCN(Cc3ccc(Cl)cc3Cl)CC2)c1=S. The van der Waals surface area contributed by atoms with E-state index in [0.717, 1.165) is 16.5 Å². The first kappa shape index (κ1) is 27.2. The fraction of sp³-hybridized carbons (Fsp3) is 0.318. The Bertz CT molecular complexity index is 1390. The summed E-state index contributed by atoms with van der Waals surface area (Å²) in [5.74, 6) is -1.32. The third-order valence-corrected chi connectivity index (χ3v) is 6.70. The molecule has 0 unspecified atom stereocenters. The number of aromatic nitrogens is 3. The van der Waals surface area contributed by atoms with Crippen molar-refractivity contribution in [1.82, 2.24) is 24.3 Å². The van der Waals surface area contributed by atoms with Crippen LogP contribution in [0.3, 0.4) is 0 Å². The second kappa shape index (κ2) is 11.3. The number of rotatable bonds is 7. The number of nitro groups is 1. The molecule has 37 heavy (non-hydrogen) atoms. The minimum Gasteiger partial charge on any atom is -0.296 e. The van der Waals surface area contributed by atoms with Crippen molar-refractivity contribution in [1.29, 1.82) is 0 Å². The lowest BCUT2D eigenvalue weighted by molar-refractivity contribution is -0.385. The summed E-state index contributed by atoms with van der Waals surface area (Å²) in [6.07, 6.45) is -3.87. The van der Waals surface area contributed by atoms with E-state index >= 15 is 0 Å². The number of piperazine rings is 1. The van der Waals surface area contributed by atoms with Gasteiger partial charge in [-0.1, -0.05) is 41.4 Å². The van der Waals surface area contributed by atoms with E-state index in [2.05, 4.69) is 15.1 Å². The Morgan fingerprint density at radius 1 is 1.11 bits per heavy atom. The van der Waals surface area contributed by atoms with Crippen LogP contribution in [0.4, 0.5) is 18.9 Å². The quantitative estimate of drug-likeness (QED) is 0.165. The predicted molar refractivity (Wildman–Crippen MR) is 135 cm³/mol. The molecule has 0 aliphatic carbocycles. The van der Waals surface area contributed by atoms with Gasteiger partial charge in [0.15, 0.2) is 0 Å². The lowest BCUT2D eigenvalue weighted by Gasteiger charge is -2.34. The zero-order valence-electron chi connectivity index (χ0n) is 19.1. The topological polar surface area (TPSA) is 84.7 Å². The third kappa shape index (κ3) is 6.54. The van der Waals surface area contributed by atoms with E-state index in [1.54, 1.807) is 12.1 Å². The number of hydrogen-bond donors (Lipinski definition) is 0. The van der Waals surface area contributed by atoms with Crippen LogP contribution in [-0.4, -0.2) is 61.6 Å². The lowest BCUT2D eigenvalue weighted by atomic mass is 10.2. The number of para-hydroxylation sites is 1. The van der Waals surface area contributed by atoms with Crippen molar-refractivity contribution in [3.63, 3.8) is 0 Å². The van der Waals surface area contributed by atoms with Crippen LogP contribution in [-0.2, 0) is 19.4 Å². The van der Waals surface area contributed by atoms with Crippen LogP contribution in [0.1, 0.15) is 17.0 Å². The molecule has 0 radical (unpaired) electrons. The van der Waals surface area contributed by atoms with Crippen molar-refractivity contribution in [2.45, 2.75) is 19.4 Å². The molecule has 196 valence electrons. The number of hydrogen-bond acceptors (Lipinski definition) is 7. The highest BCUT2D eigenvalue weighted by Crippen LogP contribution is 2.29. The molecule has 0 saturated carbocycles. The van der Waals surface area contributed by atoms with Gasteiger partial charge in [0.25, 0.3) is 11.5 Å². The first-order valence-electron chi connectivity index (χ1n) is 11.0. The minimum atomic E-state index is -4.84. The second-order valence-corrected chi connectivity index (χ2v) is 9.46. The molecular formula is C22H20Cl2F3N7O2S. The molecule has 1 aliphatic rings. The van der Waals surface area contributed by atoms with E-state index in [-0.39, 0.29) is 22.7 Å². The maximum absolute atomic E-state index is 13.7. The monoisotopic (exact) mass is 573 g/mol. The Balaban J connectivity index is 1.49. The van der Waals surface area contributed by atoms with Crippen molar-refractivity contribution >= 4 is 47.3 Å². The van der Waals surface area contributed by atoms with Crippen LogP contribution < -0.4 is 0 Å². The number of benzene rings is 2. The summed E-state index contributed by atoms with van der Waals surface area (Å²) in [6, 6.07) is 10.9. The van der Waals surface area contributed by atoms with Crippen molar-refractivity contribution < 1.29 is 18.1 Å². The lowest BCUT2D eigenvalue weighted by Crippen LogP contribution is -2.46. The summed E-state index contributed by atoms with van der Waals surface area (Å²) in [5, 5.41) is 19.8. The van der Waals surface area contributed by atoms with Gasteiger partial charge >= 0.3 is 6.18 Å². The van der Waals surface area contributed by atoms with Crippen LogP contribution >= 0.6 is 35.4 Å².